The van der Waals surface area contributed by atoms with Crippen LogP contribution in [0.15, 0.2) is 36.4 Å². The minimum atomic E-state index is -0.535. The van der Waals surface area contributed by atoms with Gasteiger partial charge in [-0.2, -0.15) is 0 Å². The molecule has 2 aromatic rings. The summed E-state index contributed by atoms with van der Waals surface area (Å²) in [5.41, 5.74) is 1.51. The molecule has 0 N–H and O–H groups in total. The average molecular weight is 291 g/mol. The second-order valence-corrected chi connectivity index (χ2v) is 5.22. The Kier molecular flexibility index (Phi) is 3.45. The van der Waals surface area contributed by atoms with Crippen LogP contribution in [-0.4, -0.2) is 12.4 Å². The summed E-state index contributed by atoms with van der Waals surface area (Å²) in [5.74, 6) is 0.120. The van der Waals surface area contributed by atoms with E-state index in [1.807, 2.05) is 6.07 Å². The molecule has 4 heteroatoms. The Morgan fingerprint density at radius 3 is 2.45 bits per heavy atom. The van der Waals surface area contributed by atoms with Gasteiger partial charge in [0, 0.05) is 0 Å². The molecule has 0 aromatic heterocycles. The van der Waals surface area contributed by atoms with Crippen LogP contribution in [0.4, 0.5) is 4.39 Å². The lowest BCUT2D eigenvalue weighted by atomic mass is 10.0. The second-order valence-electron chi connectivity index (χ2n) is 4.82. The third-order valence-corrected chi connectivity index (χ3v) is 3.51. The summed E-state index contributed by atoms with van der Waals surface area (Å²) in [6.45, 7) is 0. The molecule has 20 heavy (non-hydrogen) atoms. The molecule has 0 radical (unpaired) electrons. The average Bonchev–Trinajstić information content (AvgIpc) is 3.25. The number of halogens is 2. The smallest absolute Gasteiger partial charge is 0.152 e. The normalized spacial score (nSPS) is 14.1. The molecule has 102 valence electrons. The molecule has 3 rings (SSSR count). The molecule has 0 heterocycles. The zero-order valence-corrected chi connectivity index (χ0v) is 11.4. The molecular formula is C16H12ClFO2. The van der Waals surface area contributed by atoms with Crippen LogP contribution in [0.3, 0.4) is 0 Å². The zero-order chi connectivity index (χ0) is 14.1. The molecule has 0 bridgehead atoms. The van der Waals surface area contributed by atoms with Crippen LogP contribution in [0.1, 0.15) is 23.2 Å². The van der Waals surface area contributed by atoms with Crippen LogP contribution in [0.2, 0.25) is 5.02 Å². The highest BCUT2D eigenvalue weighted by molar-refractivity contribution is 6.32. The monoisotopic (exact) mass is 290 g/mol. The van der Waals surface area contributed by atoms with Gasteiger partial charge in [0.05, 0.1) is 16.7 Å². The minimum Gasteiger partial charge on any atom is -0.489 e. The number of hydrogen-bond donors (Lipinski definition) is 0. The number of ether oxygens (including phenoxy) is 1. The standard InChI is InChI=1S/C16H12ClFO2/c17-14-7-10(3-6-16(14)20-13-4-5-13)11-1-2-12(9-19)15(18)8-11/h1-3,6-9,13H,4-5H2. The highest BCUT2D eigenvalue weighted by Crippen LogP contribution is 2.34. The summed E-state index contributed by atoms with van der Waals surface area (Å²) in [5, 5.41) is 0.509. The number of aldehydes is 1. The fourth-order valence-electron chi connectivity index (χ4n) is 1.94. The van der Waals surface area contributed by atoms with E-state index in [-0.39, 0.29) is 11.7 Å². The number of rotatable bonds is 4. The first-order valence-corrected chi connectivity index (χ1v) is 6.76. The van der Waals surface area contributed by atoms with Gasteiger partial charge in [-0.25, -0.2) is 4.39 Å². The van der Waals surface area contributed by atoms with Gasteiger partial charge in [0.15, 0.2) is 6.29 Å². The van der Waals surface area contributed by atoms with E-state index in [4.69, 9.17) is 16.3 Å². The van der Waals surface area contributed by atoms with Crippen molar-refractivity contribution in [2.75, 3.05) is 0 Å². The molecule has 1 saturated carbocycles. The summed E-state index contributed by atoms with van der Waals surface area (Å²) >= 11 is 6.17. The number of carbonyl (C=O) groups excluding carboxylic acids is 1. The van der Waals surface area contributed by atoms with E-state index >= 15 is 0 Å². The molecule has 2 nitrogen and oxygen atoms in total. The van der Waals surface area contributed by atoms with Crippen LogP contribution in [0, 0.1) is 5.82 Å². The second kappa shape index (κ2) is 5.25. The zero-order valence-electron chi connectivity index (χ0n) is 10.6. The van der Waals surface area contributed by atoms with Crippen LogP contribution in [0.25, 0.3) is 11.1 Å². The Labute approximate surface area is 121 Å². The van der Waals surface area contributed by atoms with Crippen LogP contribution >= 0.6 is 11.6 Å². The maximum absolute atomic E-state index is 13.6. The summed E-state index contributed by atoms with van der Waals surface area (Å²) in [4.78, 5) is 10.6. The lowest BCUT2D eigenvalue weighted by molar-refractivity contribution is 0.112. The summed E-state index contributed by atoms with van der Waals surface area (Å²) in [6, 6.07) is 9.85. The molecule has 0 spiro atoms. The summed E-state index contributed by atoms with van der Waals surface area (Å²) in [7, 11) is 0. The summed E-state index contributed by atoms with van der Waals surface area (Å²) in [6.07, 6.45) is 2.91. The van der Waals surface area contributed by atoms with Crippen LogP contribution in [-0.2, 0) is 0 Å². The molecule has 0 aliphatic heterocycles. The Morgan fingerprint density at radius 2 is 1.85 bits per heavy atom. The van der Waals surface area contributed by atoms with Crippen molar-refractivity contribution >= 4 is 17.9 Å². The van der Waals surface area contributed by atoms with Crippen LogP contribution in [0.5, 0.6) is 5.75 Å². The molecular weight excluding hydrogens is 279 g/mol. The van der Waals surface area contributed by atoms with Gasteiger partial charge in [-0.15, -0.1) is 0 Å². The van der Waals surface area contributed by atoms with Crippen molar-refractivity contribution in [1.29, 1.82) is 0 Å². The van der Waals surface area contributed by atoms with Gasteiger partial charge in [-0.1, -0.05) is 23.7 Å². The molecule has 1 fully saturated rings. The van der Waals surface area contributed by atoms with Crippen molar-refractivity contribution in [3.63, 3.8) is 0 Å². The van der Waals surface area contributed by atoms with Crippen molar-refractivity contribution in [1.82, 2.24) is 0 Å². The molecule has 0 saturated heterocycles. The third kappa shape index (κ3) is 2.68. The van der Waals surface area contributed by atoms with Gasteiger partial charge in [0.25, 0.3) is 0 Å². The van der Waals surface area contributed by atoms with Gasteiger partial charge in [0.2, 0.25) is 0 Å². The van der Waals surface area contributed by atoms with E-state index in [1.165, 1.54) is 12.1 Å². The first-order valence-electron chi connectivity index (χ1n) is 6.38. The molecule has 0 unspecified atom stereocenters. The van der Waals surface area contributed by atoms with Crippen LogP contribution < -0.4 is 4.74 Å². The maximum atomic E-state index is 13.6. The molecule has 0 amide bonds. The van der Waals surface area contributed by atoms with Gasteiger partial charge in [0.1, 0.15) is 11.6 Å². The first-order chi connectivity index (χ1) is 9.67. The lowest BCUT2D eigenvalue weighted by Gasteiger charge is -2.09. The van der Waals surface area contributed by atoms with Crippen molar-refractivity contribution < 1.29 is 13.9 Å². The molecule has 2 aromatic carbocycles. The topological polar surface area (TPSA) is 26.3 Å². The Bertz CT molecular complexity index is 666. The highest BCUT2D eigenvalue weighted by atomic mass is 35.5. The third-order valence-electron chi connectivity index (χ3n) is 3.21. The van der Waals surface area contributed by atoms with E-state index < -0.39 is 5.82 Å². The van der Waals surface area contributed by atoms with Gasteiger partial charge >= 0.3 is 0 Å². The quantitative estimate of drug-likeness (QED) is 0.775. The minimum absolute atomic E-state index is 0.0496. The van der Waals surface area contributed by atoms with E-state index in [9.17, 15) is 9.18 Å². The Morgan fingerprint density at radius 1 is 1.15 bits per heavy atom. The van der Waals surface area contributed by atoms with E-state index in [2.05, 4.69) is 0 Å². The van der Waals surface area contributed by atoms with Gasteiger partial charge in [-0.05, 0) is 48.2 Å². The van der Waals surface area contributed by atoms with Crippen molar-refractivity contribution in [3.05, 3.63) is 52.8 Å². The van der Waals surface area contributed by atoms with E-state index in [0.29, 0.717) is 22.6 Å². The largest absolute Gasteiger partial charge is 0.489 e. The van der Waals surface area contributed by atoms with Crippen molar-refractivity contribution in [3.8, 4) is 16.9 Å². The fourth-order valence-corrected chi connectivity index (χ4v) is 2.17. The number of hydrogen-bond acceptors (Lipinski definition) is 2. The SMILES string of the molecule is O=Cc1ccc(-c2ccc(OC3CC3)c(Cl)c2)cc1F. The van der Waals surface area contributed by atoms with E-state index in [0.717, 1.165) is 18.4 Å². The Balaban J connectivity index is 1.91. The molecule has 0 atom stereocenters. The predicted octanol–water partition coefficient (Wildman–Crippen LogP) is 4.50. The first kappa shape index (κ1) is 13.1. The van der Waals surface area contributed by atoms with Crippen molar-refractivity contribution in [2.45, 2.75) is 18.9 Å². The number of carbonyl (C=O) groups is 1. The molecule has 1 aliphatic rings. The lowest BCUT2D eigenvalue weighted by Crippen LogP contribution is -1.96. The van der Waals surface area contributed by atoms with Gasteiger partial charge < -0.3 is 4.74 Å². The van der Waals surface area contributed by atoms with E-state index in [1.54, 1.807) is 18.2 Å². The summed E-state index contributed by atoms with van der Waals surface area (Å²) < 4.78 is 19.3. The van der Waals surface area contributed by atoms with Crippen molar-refractivity contribution in [2.24, 2.45) is 0 Å². The predicted molar refractivity (Wildman–Crippen MR) is 75.9 cm³/mol. The highest BCUT2D eigenvalue weighted by Gasteiger charge is 2.24. The molecule has 1 aliphatic carbocycles. The Hall–Kier alpha value is -1.87. The number of benzene rings is 2. The maximum Gasteiger partial charge on any atom is 0.152 e. The van der Waals surface area contributed by atoms with Gasteiger partial charge in [-0.3, -0.25) is 4.79 Å². The fraction of sp³-hybridized carbons (Fsp3) is 0.188.